The molecule has 12 nitrogen and oxygen atoms in total. The SMILES string of the molecule is C[C@H](O)C(=O)N(C[C@@H]1CN(C(=O)OCc2ccccc2)C[C@@H]1F)[C@@H](c1nc(-c2cc(F)ccc2F)sc1Cc1ccccc1)C(C)(C)C.C[C@H](O)C(=O)N(C[C@@H]1CNC[C@@H]1F)[C@@H](c1nc(-c2cc(F)ccc2F)sc1Cc1ccccc1)C(C)(C)C. The van der Waals surface area contributed by atoms with Crippen molar-refractivity contribution in [2.45, 2.75) is 111 Å². The molecule has 3 N–H and O–H groups in total. The van der Waals surface area contributed by atoms with Gasteiger partial charge < -0.3 is 35.0 Å². The molecule has 86 heavy (non-hydrogen) atoms. The minimum absolute atomic E-state index is 0.00291. The number of nitrogens with one attached hydrogen (secondary N) is 1. The second-order valence-electron chi connectivity index (χ2n) is 24.3. The molecule has 2 saturated heterocycles. The van der Waals surface area contributed by atoms with E-state index in [1.807, 2.05) is 133 Å². The second-order valence-corrected chi connectivity index (χ2v) is 26.4. The van der Waals surface area contributed by atoms with Gasteiger partial charge in [0.05, 0.1) is 30.0 Å². The van der Waals surface area contributed by atoms with Crippen LogP contribution >= 0.6 is 22.7 Å². The van der Waals surface area contributed by atoms with Crippen molar-refractivity contribution >= 4 is 40.6 Å². The van der Waals surface area contributed by atoms with Crippen LogP contribution in [0.4, 0.5) is 31.1 Å². The molecule has 7 aromatic rings. The number of aliphatic hydroxyl groups is 2. The molecule has 8 atom stereocenters. The average Bonchev–Trinajstić information content (AvgIpc) is 1.66. The van der Waals surface area contributed by atoms with Crippen molar-refractivity contribution in [3.63, 3.8) is 0 Å². The van der Waals surface area contributed by atoms with Crippen molar-refractivity contribution in [1.82, 2.24) is 30.0 Å². The van der Waals surface area contributed by atoms with Crippen molar-refractivity contribution in [3.8, 4) is 21.1 Å². The van der Waals surface area contributed by atoms with E-state index in [0.717, 1.165) is 62.8 Å². The summed E-state index contributed by atoms with van der Waals surface area (Å²) in [4.78, 5) is 55.6. The lowest BCUT2D eigenvalue weighted by molar-refractivity contribution is -0.146. The van der Waals surface area contributed by atoms with Crippen LogP contribution in [0.5, 0.6) is 0 Å². The first-order chi connectivity index (χ1) is 40.8. The van der Waals surface area contributed by atoms with Crippen LogP contribution in [0.2, 0.25) is 0 Å². The summed E-state index contributed by atoms with van der Waals surface area (Å²) in [6.45, 7) is 14.8. The Morgan fingerprint density at radius 2 is 1.02 bits per heavy atom. The third-order valence-electron chi connectivity index (χ3n) is 15.2. The molecule has 458 valence electrons. The molecule has 2 aliphatic rings. The van der Waals surface area contributed by atoms with Gasteiger partial charge in [0.1, 0.15) is 64.4 Å². The number of carbonyl (C=O) groups is 3. The lowest BCUT2D eigenvalue weighted by Gasteiger charge is -2.41. The van der Waals surface area contributed by atoms with E-state index in [9.17, 15) is 42.2 Å². The summed E-state index contributed by atoms with van der Waals surface area (Å²) in [6, 6.07) is 33.4. The first-order valence-electron chi connectivity index (χ1n) is 28.7. The third kappa shape index (κ3) is 16.2. The molecule has 0 saturated carbocycles. The number of likely N-dealkylation sites (tertiary alicyclic amines) is 1. The first kappa shape index (κ1) is 65.0. The number of nitrogens with zero attached hydrogens (tertiary/aromatic N) is 5. The van der Waals surface area contributed by atoms with Crippen molar-refractivity contribution in [2.75, 3.05) is 39.3 Å². The lowest BCUT2D eigenvalue weighted by atomic mass is 9.81. The second kappa shape index (κ2) is 28.2. The van der Waals surface area contributed by atoms with Gasteiger partial charge in [-0.1, -0.05) is 133 Å². The number of thiazole rings is 2. The monoisotopic (exact) mass is 1220 g/mol. The number of carbonyl (C=O) groups excluding carboxylic acids is 3. The number of aliphatic hydroxyl groups excluding tert-OH is 2. The molecule has 0 radical (unpaired) electrons. The molecule has 20 heteroatoms. The van der Waals surface area contributed by atoms with Gasteiger partial charge in [0.2, 0.25) is 0 Å². The van der Waals surface area contributed by atoms with Crippen LogP contribution in [-0.2, 0) is 33.8 Å². The maximum absolute atomic E-state index is 15.7. The van der Waals surface area contributed by atoms with E-state index in [-0.39, 0.29) is 55.5 Å². The van der Waals surface area contributed by atoms with Crippen LogP contribution in [0, 0.1) is 45.9 Å². The number of alkyl halides is 2. The fourth-order valence-corrected chi connectivity index (χ4v) is 13.3. The first-order valence-corrected chi connectivity index (χ1v) is 30.3. The Kier molecular flexibility index (Phi) is 21.4. The van der Waals surface area contributed by atoms with Gasteiger partial charge >= 0.3 is 6.09 Å². The van der Waals surface area contributed by atoms with Gasteiger partial charge in [-0.2, -0.15) is 0 Å². The Labute approximate surface area is 506 Å². The fourth-order valence-electron chi connectivity index (χ4n) is 11.0. The quantitative estimate of drug-likeness (QED) is 0.0714. The largest absolute Gasteiger partial charge is 0.445 e. The van der Waals surface area contributed by atoms with E-state index in [2.05, 4.69) is 5.32 Å². The molecule has 0 unspecified atom stereocenters. The van der Waals surface area contributed by atoms with Crippen molar-refractivity contribution in [2.24, 2.45) is 22.7 Å². The molecule has 9 rings (SSSR count). The summed E-state index contributed by atoms with van der Waals surface area (Å²) < 4.78 is 94.1. The summed E-state index contributed by atoms with van der Waals surface area (Å²) >= 11 is 2.45. The van der Waals surface area contributed by atoms with E-state index in [0.29, 0.717) is 35.8 Å². The maximum Gasteiger partial charge on any atom is 0.410 e. The van der Waals surface area contributed by atoms with E-state index < -0.39 is 100 Å². The number of rotatable bonds is 18. The van der Waals surface area contributed by atoms with Crippen LogP contribution in [-0.4, -0.2) is 117 Å². The summed E-state index contributed by atoms with van der Waals surface area (Å²) in [7, 11) is 0. The zero-order valence-corrected chi connectivity index (χ0v) is 51.1. The van der Waals surface area contributed by atoms with Gasteiger partial charge in [-0.25, -0.2) is 41.1 Å². The highest BCUT2D eigenvalue weighted by Crippen LogP contribution is 2.47. The van der Waals surface area contributed by atoms with E-state index in [1.165, 1.54) is 51.2 Å². The third-order valence-corrected chi connectivity index (χ3v) is 17.4. The molecule has 0 aliphatic carbocycles. The number of amides is 3. The lowest BCUT2D eigenvalue weighted by Crippen LogP contribution is -2.48. The normalized spacial score (nSPS) is 18.4. The summed E-state index contributed by atoms with van der Waals surface area (Å²) in [5.74, 6) is -4.82. The highest BCUT2D eigenvalue weighted by Gasteiger charge is 2.46. The summed E-state index contributed by atoms with van der Waals surface area (Å²) in [5, 5.41) is 24.5. The van der Waals surface area contributed by atoms with E-state index >= 15 is 8.78 Å². The highest BCUT2D eigenvalue weighted by molar-refractivity contribution is 7.15. The van der Waals surface area contributed by atoms with E-state index in [4.69, 9.17) is 14.7 Å². The Balaban J connectivity index is 0.000000230. The molecule has 2 aliphatic heterocycles. The smallest absolute Gasteiger partial charge is 0.410 e. The Morgan fingerprint density at radius 1 is 0.605 bits per heavy atom. The highest BCUT2D eigenvalue weighted by atomic mass is 32.1. The predicted molar refractivity (Wildman–Crippen MR) is 322 cm³/mol. The van der Waals surface area contributed by atoms with Gasteiger partial charge in [-0.05, 0) is 77.8 Å². The van der Waals surface area contributed by atoms with Gasteiger partial charge in [0, 0.05) is 78.3 Å². The molecule has 3 amide bonds. The molecule has 4 heterocycles. The topological polar surface area (TPSA) is 148 Å². The minimum atomic E-state index is -1.46. The number of hydrogen-bond acceptors (Lipinski definition) is 11. The number of aromatic nitrogens is 2. The average molecular weight is 1230 g/mol. The molecule has 0 spiro atoms. The summed E-state index contributed by atoms with van der Waals surface area (Å²) in [5.41, 5.74) is 2.48. The number of hydrogen-bond donors (Lipinski definition) is 3. The maximum atomic E-state index is 15.7. The standard InChI is InChI=1S/C37H40F3N3O4S.C29H34F3N3O2S/c1-23(44)35(45)43(20-26-19-42(21-30(26)40)36(46)47-22-25-13-9-6-10-14-25)33(37(2,3)4)32-31(17-24-11-7-5-8-12-24)48-34(41-32)28-18-27(38)15-16-29(28)39;1-17(36)28(37)35(16-19-14-33-15-23(19)32)26(29(2,3)4)25-24(12-18-8-6-5-7-9-18)38-27(34-25)21-13-20(30)10-11-22(21)31/h5-16,18,23,26,30,33,44H,17,19-22H2,1-4H3;5-11,13,17,19,23,26,33,36H,12,14-16H2,1-4H3/t23-,26-,30-,33-;17-,19-,23-,26-/m00/s1. The molecular formula is C66H74F6N6O6S2. The van der Waals surface area contributed by atoms with Crippen molar-refractivity contribution in [1.29, 1.82) is 0 Å². The van der Waals surface area contributed by atoms with Crippen molar-refractivity contribution in [3.05, 3.63) is 188 Å². The minimum Gasteiger partial charge on any atom is -0.445 e. The molecular weight excluding hydrogens is 1150 g/mol. The number of benzene rings is 5. The molecule has 2 aromatic heterocycles. The van der Waals surface area contributed by atoms with Crippen molar-refractivity contribution < 1.29 is 55.7 Å². The van der Waals surface area contributed by atoms with Crippen LogP contribution in [0.3, 0.4) is 0 Å². The number of halogens is 6. The van der Waals surface area contributed by atoms with Gasteiger partial charge in [-0.15, -0.1) is 22.7 Å². The zero-order valence-electron chi connectivity index (χ0n) is 49.5. The van der Waals surface area contributed by atoms with Gasteiger partial charge in [0.25, 0.3) is 11.8 Å². The van der Waals surface area contributed by atoms with E-state index in [1.54, 1.807) is 0 Å². The van der Waals surface area contributed by atoms with Crippen LogP contribution < -0.4 is 5.32 Å². The Morgan fingerprint density at radius 3 is 1.42 bits per heavy atom. The van der Waals surface area contributed by atoms with Crippen LogP contribution in [0.25, 0.3) is 21.1 Å². The van der Waals surface area contributed by atoms with Gasteiger partial charge in [-0.3, -0.25) is 9.59 Å². The number of ether oxygens (including phenoxy) is 1. The Hall–Kier alpha value is -6.97. The van der Waals surface area contributed by atoms with Crippen LogP contribution in [0.1, 0.15) is 105 Å². The van der Waals surface area contributed by atoms with Crippen LogP contribution in [0.15, 0.2) is 127 Å². The molecule has 2 fully saturated rings. The Bertz CT molecular complexity index is 3410. The molecule has 5 aromatic carbocycles. The fraction of sp³-hybridized carbons (Fsp3) is 0.409. The predicted octanol–water partition coefficient (Wildman–Crippen LogP) is 13.1. The van der Waals surface area contributed by atoms with Gasteiger partial charge in [0.15, 0.2) is 0 Å². The molecule has 0 bridgehead atoms. The zero-order chi connectivity index (χ0) is 62.2. The summed E-state index contributed by atoms with van der Waals surface area (Å²) in [6.07, 6.45) is -5.11.